The third-order valence-corrected chi connectivity index (χ3v) is 4.43. The Morgan fingerprint density at radius 2 is 2.21 bits per heavy atom. The number of aromatic amines is 1. The molecule has 1 aromatic carbocycles. The normalized spacial score (nSPS) is 14.8. The van der Waals surface area contributed by atoms with Gasteiger partial charge in [-0.1, -0.05) is 28.1 Å². The molecule has 3 rings (SSSR count). The standard InChI is InChI=1S/C17H21BrN4O2/c18-14-3-1-2-13(10-14)15-11-20-16(21-15)12-19-5-4-17(23)22-6-8-24-9-7-22/h1-3,10-11,19H,4-9,12H2,(H,20,21). The number of aromatic nitrogens is 2. The summed E-state index contributed by atoms with van der Waals surface area (Å²) in [4.78, 5) is 21.6. The largest absolute Gasteiger partial charge is 0.378 e. The molecule has 1 fully saturated rings. The summed E-state index contributed by atoms with van der Waals surface area (Å²) in [5, 5.41) is 3.27. The third-order valence-electron chi connectivity index (χ3n) is 3.94. The van der Waals surface area contributed by atoms with Crippen LogP contribution in [-0.4, -0.2) is 53.6 Å². The summed E-state index contributed by atoms with van der Waals surface area (Å²) in [5.74, 6) is 1.05. The van der Waals surface area contributed by atoms with Crippen LogP contribution in [0.1, 0.15) is 12.2 Å². The number of benzene rings is 1. The predicted octanol–water partition coefficient (Wildman–Crippen LogP) is 2.18. The van der Waals surface area contributed by atoms with Crippen molar-refractivity contribution in [1.82, 2.24) is 20.2 Å². The van der Waals surface area contributed by atoms with E-state index in [4.69, 9.17) is 4.74 Å². The van der Waals surface area contributed by atoms with Gasteiger partial charge in [0.2, 0.25) is 5.91 Å². The van der Waals surface area contributed by atoms with Crippen LogP contribution >= 0.6 is 15.9 Å². The molecule has 1 aliphatic rings. The first-order chi connectivity index (χ1) is 11.7. The Kier molecular flexibility index (Phi) is 6.01. The van der Waals surface area contributed by atoms with Crippen molar-refractivity contribution in [1.29, 1.82) is 0 Å². The zero-order valence-corrected chi connectivity index (χ0v) is 15.0. The van der Waals surface area contributed by atoms with Crippen LogP contribution in [0.15, 0.2) is 34.9 Å². The smallest absolute Gasteiger partial charge is 0.224 e. The van der Waals surface area contributed by atoms with Gasteiger partial charge in [0, 0.05) is 36.1 Å². The maximum Gasteiger partial charge on any atom is 0.224 e. The summed E-state index contributed by atoms with van der Waals surface area (Å²) in [6.45, 7) is 3.95. The zero-order valence-electron chi connectivity index (χ0n) is 13.4. The number of hydrogen-bond acceptors (Lipinski definition) is 4. The molecular weight excluding hydrogens is 372 g/mol. The molecular formula is C17H21BrN4O2. The van der Waals surface area contributed by atoms with Crippen LogP contribution in [0, 0.1) is 0 Å². The second-order valence-electron chi connectivity index (χ2n) is 5.67. The summed E-state index contributed by atoms with van der Waals surface area (Å²) < 4.78 is 6.29. The van der Waals surface area contributed by atoms with E-state index in [1.807, 2.05) is 35.4 Å². The fraction of sp³-hybridized carbons (Fsp3) is 0.412. The van der Waals surface area contributed by atoms with Crippen molar-refractivity contribution in [3.8, 4) is 11.3 Å². The second kappa shape index (κ2) is 8.41. The minimum absolute atomic E-state index is 0.181. The quantitative estimate of drug-likeness (QED) is 0.739. The number of nitrogens with zero attached hydrogens (tertiary/aromatic N) is 2. The van der Waals surface area contributed by atoms with Gasteiger partial charge in [0.1, 0.15) is 5.82 Å². The number of nitrogens with one attached hydrogen (secondary N) is 2. The van der Waals surface area contributed by atoms with E-state index in [2.05, 4.69) is 31.2 Å². The van der Waals surface area contributed by atoms with Crippen molar-refractivity contribution in [2.75, 3.05) is 32.8 Å². The first-order valence-electron chi connectivity index (χ1n) is 8.08. The number of carbonyl (C=O) groups excluding carboxylic acids is 1. The van der Waals surface area contributed by atoms with E-state index in [9.17, 15) is 4.79 Å². The molecule has 1 amide bonds. The number of halogens is 1. The summed E-state index contributed by atoms with van der Waals surface area (Å²) in [6, 6.07) is 8.07. The van der Waals surface area contributed by atoms with Crippen molar-refractivity contribution in [3.63, 3.8) is 0 Å². The van der Waals surface area contributed by atoms with Gasteiger partial charge in [-0.2, -0.15) is 0 Å². The fourth-order valence-corrected chi connectivity index (χ4v) is 3.03. The minimum Gasteiger partial charge on any atom is -0.378 e. The molecule has 0 aliphatic carbocycles. The van der Waals surface area contributed by atoms with Crippen LogP contribution in [0.5, 0.6) is 0 Å². The topological polar surface area (TPSA) is 70.2 Å². The van der Waals surface area contributed by atoms with Crippen molar-refractivity contribution < 1.29 is 9.53 Å². The van der Waals surface area contributed by atoms with Crippen LogP contribution < -0.4 is 5.32 Å². The van der Waals surface area contributed by atoms with E-state index in [-0.39, 0.29) is 5.91 Å². The predicted molar refractivity (Wildman–Crippen MR) is 95.4 cm³/mol. The highest BCUT2D eigenvalue weighted by Gasteiger charge is 2.15. The minimum atomic E-state index is 0.181. The summed E-state index contributed by atoms with van der Waals surface area (Å²) in [6.07, 6.45) is 2.33. The summed E-state index contributed by atoms with van der Waals surface area (Å²) >= 11 is 3.47. The van der Waals surface area contributed by atoms with Gasteiger partial charge in [-0.25, -0.2) is 4.98 Å². The lowest BCUT2D eigenvalue weighted by Crippen LogP contribution is -2.41. The number of morpholine rings is 1. The Hall–Kier alpha value is -1.70. The molecule has 24 heavy (non-hydrogen) atoms. The number of ether oxygens (including phenoxy) is 1. The summed E-state index contributed by atoms with van der Waals surface area (Å²) in [5.41, 5.74) is 2.07. The number of imidazole rings is 1. The number of hydrogen-bond donors (Lipinski definition) is 2. The third kappa shape index (κ3) is 4.66. The highest BCUT2D eigenvalue weighted by molar-refractivity contribution is 9.10. The maximum absolute atomic E-state index is 12.0. The highest BCUT2D eigenvalue weighted by atomic mass is 79.9. The molecule has 0 bridgehead atoms. The molecule has 1 aromatic heterocycles. The lowest BCUT2D eigenvalue weighted by Gasteiger charge is -2.26. The molecule has 128 valence electrons. The molecule has 2 N–H and O–H groups in total. The first-order valence-corrected chi connectivity index (χ1v) is 8.88. The van der Waals surface area contributed by atoms with Crippen LogP contribution in [0.4, 0.5) is 0 Å². The van der Waals surface area contributed by atoms with Gasteiger partial charge in [-0.05, 0) is 12.1 Å². The Bertz CT molecular complexity index is 683. The van der Waals surface area contributed by atoms with Gasteiger partial charge in [0.25, 0.3) is 0 Å². The van der Waals surface area contributed by atoms with E-state index >= 15 is 0 Å². The van der Waals surface area contributed by atoms with E-state index in [1.54, 1.807) is 0 Å². The molecule has 2 heterocycles. The fourth-order valence-electron chi connectivity index (χ4n) is 2.63. The molecule has 1 aliphatic heterocycles. The van der Waals surface area contributed by atoms with Gasteiger partial charge in [0.15, 0.2) is 0 Å². The number of amides is 1. The van der Waals surface area contributed by atoms with Crippen LogP contribution in [-0.2, 0) is 16.1 Å². The monoisotopic (exact) mass is 392 g/mol. The van der Waals surface area contributed by atoms with Crippen molar-refractivity contribution in [3.05, 3.63) is 40.8 Å². The van der Waals surface area contributed by atoms with Gasteiger partial charge in [-0.3, -0.25) is 4.79 Å². The molecule has 7 heteroatoms. The van der Waals surface area contributed by atoms with Gasteiger partial charge in [-0.15, -0.1) is 0 Å². The lowest BCUT2D eigenvalue weighted by atomic mass is 10.2. The van der Waals surface area contributed by atoms with Crippen LogP contribution in [0.25, 0.3) is 11.3 Å². The van der Waals surface area contributed by atoms with Crippen molar-refractivity contribution >= 4 is 21.8 Å². The Morgan fingerprint density at radius 1 is 1.38 bits per heavy atom. The molecule has 0 spiro atoms. The van der Waals surface area contributed by atoms with E-state index in [1.165, 1.54) is 0 Å². The average molecular weight is 393 g/mol. The molecule has 0 atom stereocenters. The van der Waals surface area contributed by atoms with Gasteiger partial charge >= 0.3 is 0 Å². The molecule has 0 radical (unpaired) electrons. The van der Waals surface area contributed by atoms with Crippen molar-refractivity contribution in [2.45, 2.75) is 13.0 Å². The molecule has 2 aromatic rings. The maximum atomic E-state index is 12.0. The van der Waals surface area contributed by atoms with E-state index in [0.717, 1.165) is 21.6 Å². The van der Waals surface area contributed by atoms with E-state index in [0.29, 0.717) is 45.8 Å². The van der Waals surface area contributed by atoms with Crippen LogP contribution in [0.2, 0.25) is 0 Å². The summed E-state index contributed by atoms with van der Waals surface area (Å²) in [7, 11) is 0. The Balaban J connectivity index is 1.43. The zero-order chi connectivity index (χ0) is 16.8. The SMILES string of the molecule is O=C(CCNCc1ncc(-c2cccc(Br)c2)[nH]1)N1CCOCC1. The number of carbonyl (C=O) groups is 1. The van der Waals surface area contributed by atoms with E-state index < -0.39 is 0 Å². The van der Waals surface area contributed by atoms with Crippen molar-refractivity contribution in [2.24, 2.45) is 0 Å². The lowest BCUT2D eigenvalue weighted by molar-refractivity contribution is -0.135. The molecule has 0 unspecified atom stereocenters. The number of H-pyrrole nitrogens is 1. The highest BCUT2D eigenvalue weighted by Crippen LogP contribution is 2.21. The Labute approximate surface area is 149 Å². The number of rotatable bonds is 6. The molecule has 6 nitrogen and oxygen atoms in total. The first kappa shape index (κ1) is 17.1. The van der Waals surface area contributed by atoms with Gasteiger partial charge in [0.05, 0.1) is 31.6 Å². The second-order valence-corrected chi connectivity index (χ2v) is 6.59. The van der Waals surface area contributed by atoms with Crippen LogP contribution in [0.3, 0.4) is 0 Å². The average Bonchev–Trinajstić information content (AvgIpc) is 3.08. The Morgan fingerprint density at radius 3 is 3.00 bits per heavy atom. The molecule has 1 saturated heterocycles. The molecule has 0 saturated carbocycles. The van der Waals surface area contributed by atoms with Gasteiger partial charge < -0.3 is 19.9 Å².